The number of hydrogen-bond acceptors (Lipinski definition) is 6. The SMILES string of the molecule is Cc1nn(C)c(C)c1[C@H]1OCC[C@@H]1NCc1nnnn1C1CC1. The molecule has 0 spiro atoms. The summed E-state index contributed by atoms with van der Waals surface area (Å²) in [6, 6.07) is 0.765. The van der Waals surface area contributed by atoms with E-state index in [4.69, 9.17) is 4.74 Å². The molecule has 3 heterocycles. The van der Waals surface area contributed by atoms with Gasteiger partial charge in [0.1, 0.15) is 6.10 Å². The molecule has 1 aliphatic carbocycles. The maximum Gasteiger partial charge on any atom is 0.165 e. The zero-order valence-corrected chi connectivity index (χ0v) is 13.9. The van der Waals surface area contributed by atoms with Gasteiger partial charge in [0, 0.05) is 31.0 Å². The molecule has 2 aliphatic rings. The van der Waals surface area contributed by atoms with Gasteiger partial charge in [0.15, 0.2) is 5.82 Å². The van der Waals surface area contributed by atoms with Crippen LogP contribution in [0, 0.1) is 13.8 Å². The lowest BCUT2D eigenvalue weighted by atomic mass is 10.0. The number of rotatable bonds is 5. The van der Waals surface area contributed by atoms with Crippen molar-refractivity contribution in [2.75, 3.05) is 6.61 Å². The van der Waals surface area contributed by atoms with E-state index in [-0.39, 0.29) is 12.1 Å². The van der Waals surface area contributed by atoms with E-state index in [9.17, 15) is 0 Å². The highest BCUT2D eigenvalue weighted by atomic mass is 16.5. The molecule has 1 N–H and O–H groups in total. The molecule has 23 heavy (non-hydrogen) atoms. The van der Waals surface area contributed by atoms with Crippen molar-refractivity contribution in [3.63, 3.8) is 0 Å². The Bertz CT molecular complexity index is 703. The molecule has 2 atom stereocenters. The lowest BCUT2D eigenvalue weighted by Crippen LogP contribution is -2.32. The lowest BCUT2D eigenvalue weighted by molar-refractivity contribution is 0.0972. The fraction of sp³-hybridized carbons (Fsp3) is 0.733. The Hall–Kier alpha value is -1.80. The van der Waals surface area contributed by atoms with Crippen molar-refractivity contribution in [3.05, 3.63) is 22.8 Å². The molecule has 1 saturated carbocycles. The fourth-order valence-corrected chi connectivity index (χ4v) is 3.44. The summed E-state index contributed by atoms with van der Waals surface area (Å²) in [5.74, 6) is 0.915. The van der Waals surface area contributed by atoms with Crippen LogP contribution < -0.4 is 5.32 Å². The van der Waals surface area contributed by atoms with Crippen molar-refractivity contribution in [1.29, 1.82) is 0 Å². The van der Waals surface area contributed by atoms with Gasteiger partial charge >= 0.3 is 0 Å². The molecule has 0 radical (unpaired) electrons. The molecule has 0 bridgehead atoms. The highest BCUT2D eigenvalue weighted by Crippen LogP contribution is 2.35. The van der Waals surface area contributed by atoms with Crippen LogP contribution in [-0.2, 0) is 18.3 Å². The third-order valence-electron chi connectivity index (χ3n) is 4.92. The van der Waals surface area contributed by atoms with Gasteiger partial charge in [0.05, 0.1) is 18.3 Å². The normalized spacial score (nSPS) is 24.5. The first-order valence-electron chi connectivity index (χ1n) is 8.27. The van der Waals surface area contributed by atoms with Gasteiger partial charge in [0.2, 0.25) is 0 Å². The van der Waals surface area contributed by atoms with Crippen LogP contribution in [0.25, 0.3) is 0 Å². The summed E-state index contributed by atoms with van der Waals surface area (Å²) in [5, 5.41) is 20.2. The fourth-order valence-electron chi connectivity index (χ4n) is 3.44. The van der Waals surface area contributed by atoms with Crippen molar-refractivity contribution in [2.24, 2.45) is 7.05 Å². The average Bonchev–Trinajstić information content (AvgIpc) is 2.99. The van der Waals surface area contributed by atoms with Crippen LogP contribution >= 0.6 is 0 Å². The van der Waals surface area contributed by atoms with E-state index >= 15 is 0 Å². The predicted octanol–water partition coefficient (Wildman–Crippen LogP) is 0.978. The van der Waals surface area contributed by atoms with Gasteiger partial charge in [-0.2, -0.15) is 5.10 Å². The molecule has 2 fully saturated rings. The van der Waals surface area contributed by atoms with E-state index in [1.54, 1.807) is 0 Å². The Morgan fingerprint density at radius 2 is 2.09 bits per heavy atom. The molecule has 4 rings (SSSR count). The maximum atomic E-state index is 6.01. The third kappa shape index (κ3) is 2.66. The van der Waals surface area contributed by atoms with E-state index in [1.165, 1.54) is 24.1 Å². The van der Waals surface area contributed by atoms with E-state index in [0.29, 0.717) is 12.6 Å². The molecular weight excluding hydrogens is 294 g/mol. The highest BCUT2D eigenvalue weighted by Gasteiger charge is 2.34. The standard InChI is InChI=1S/C15H23N7O/c1-9-14(10(2)21(3)18-9)15-12(6-7-23-15)16-8-13-17-19-20-22(13)11-4-5-11/h11-12,15-16H,4-8H2,1-3H3/t12-,15-/m0/s1. The van der Waals surface area contributed by atoms with Gasteiger partial charge in [-0.15, -0.1) is 5.10 Å². The van der Waals surface area contributed by atoms with E-state index < -0.39 is 0 Å². The monoisotopic (exact) mass is 317 g/mol. The minimum absolute atomic E-state index is 0.0500. The molecule has 0 unspecified atom stereocenters. The van der Waals surface area contributed by atoms with Gasteiger partial charge in [-0.25, -0.2) is 4.68 Å². The number of ether oxygens (including phenoxy) is 1. The van der Waals surface area contributed by atoms with Crippen LogP contribution in [0.2, 0.25) is 0 Å². The van der Waals surface area contributed by atoms with Crippen molar-refractivity contribution in [1.82, 2.24) is 35.3 Å². The van der Waals surface area contributed by atoms with Gasteiger partial charge in [-0.05, 0) is 43.5 Å². The molecule has 2 aromatic heterocycles. The van der Waals surface area contributed by atoms with Crippen molar-refractivity contribution < 1.29 is 4.74 Å². The Morgan fingerprint density at radius 1 is 1.26 bits per heavy atom. The summed E-state index contributed by atoms with van der Waals surface area (Å²) in [4.78, 5) is 0. The van der Waals surface area contributed by atoms with Crippen LogP contribution in [0.5, 0.6) is 0 Å². The number of nitrogens with zero attached hydrogens (tertiary/aromatic N) is 6. The zero-order valence-electron chi connectivity index (χ0n) is 13.9. The van der Waals surface area contributed by atoms with Crippen LogP contribution in [0.1, 0.15) is 54.2 Å². The van der Waals surface area contributed by atoms with Gasteiger partial charge < -0.3 is 10.1 Å². The largest absolute Gasteiger partial charge is 0.372 e. The van der Waals surface area contributed by atoms with Gasteiger partial charge in [0.25, 0.3) is 0 Å². The van der Waals surface area contributed by atoms with Crippen LogP contribution in [0.4, 0.5) is 0 Å². The second-order valence-electron chi connectivity index (χ2n) is 6.55. The molecule has 1 saturated heterocycles. The Labute approximate surface area is 135 Å². The molecule has 1 aliphatic heterocycles. The molecule has 8 nitrogen and oxygen atoms in total. The summed E-state index contributed by atoms with van der Waals surface area (Å²) in [6.07, 6.45) is 3.40. The minimum Gasteiger partial charge on any atom is -0.372 e. The smallest absolute Gasteiger partial charge is 0.165 e. The summed E-state index contributed by atoms with van der Waals surface area (Å²) in [5.41, 5.74) is 3.43. The van der Waals surface area contributed by atoms with E-state index in [1.807, 2.05) is 16.4 Å². The summed E-state index contributed by atoms with van der Waals surface area (Å²) in [6.45, 7) is 5.59. The van der Waals surface area contributed by atoms with Gasteiger partial charge in [-0.1, -0.05) is 0 Å². The number of nitrogens with one attached hydrogen (secondary N) is 1. The quantitative estimate of drug-likeness (QED) is 0.885. The summed E-state index contributed by atoms with van der Waals surface area (Å²) in [7, 11) is 1.98. The first kappa shape index (κ1) is 14.8. The molecule has 2 aromatic rings. The molecule has 124 valence electrons. The van der Waals surface area contributed by atoms with Crippen molar-refractivity contribution in [3.8, 4) is 0 Å². The second-order valence-corrected chi connectivity index (χ2v) is 6.55. The Kier molecular flexibility index (Phi) is 3.65. The molecular formula is C15H23N7O. The lowest BCUT2D eigenvalue weighted by Gasteiger charge is -2.20. The van der Waals surface area contributed by atoms with Gasteiger partial charge in [-0.3, -0.25) is 4.68 Å². The summed E-state index contributed by atoms with van der Waals surface area (Å²) < 4.78 is 9.90. The highest BCUT2D eigenvalue weighted by molar-refractivity contribution is 5.29. The summed E-state index contributed by atoms with van der Waals surface area (Å²) >= 11 is 0. The first-order chi connectivity index (χ1) is 11.1. The predicted molar refractivity (Wildman–Crippen MR) is 82.7 cm³/mol. The average molecular weight is 317 g/mol. The number of aryl methyl sites for hydroxylation is 2. The van der Waals surface area contributed by atoms with Crippen LogP contribution in [0.3, 0.4) is 0 Å². The topological polar surface area (TPSA) is 82.7 Å². The van der Waals surface area contributed by atoms with Crippen LogP contribution in [0.15, 0.2) is 0 Å². The Balaban J connectivity index is 1.48. The number of tetrazole rings is 1. The Morgan fingerprint density at radius 3 is 2.78 bits per heavy atom. The van der Waals surface area contributed by atoms with Crippen molar-refractivity contribution in [2.45, 2.75) is 57.8 Å². The number of hydrogen-bond donors (Lipinski definition) is 1. The molecule has 8 heteroatoms. The van der Waals surface area contributed by atoms with E-state index in [2.05, 4.69) is 39.8 Å². The third-order valence-corrected chi connectivity index (χ3v) is 4.92. The van der Waals surface area contributed by atoms with E-state index in [0.717, 1.165) is 24.5 Å². The first-order valence-corrected chi connectivity index (χ1v) is 8.27. The number of aromatic nitrogens is 6. The minimum atomic E-state index is 0.0500. The van der Waals surface area contributed by atoms with Crippen LogP contribution in [-0.4, -0.2) is 42.6 Å². The zero-order chi connectivity index (χ0) is 16.0. The molecule has 0 amide bonds. The van der Waals surface area contributed by atoms with Crippen molar-refractivity contribution >= 4 is 0 Å². The maximum absolute atomic E-state index is 6.01. The second kappa shape index (κ2) is 5.68. The molecule has 0 aromatic carbocycles.